The predicted octanol–water partition coefficient (Wildman–Crippen LogP) is 0.115. The number of esters is 1. The zero-order valence-corrected chi connectivity index (χ0v) is 15.8. The number of rotatable bonds is 8. The first-order valence-electron chi connectivity index (χ1n) is 9.81. The normalized spacial score (nSPS) is 30.5. The summed E-state index contributed by atoms with van der Waals surface area (Å²) in [4.78, 5) is 47.0. The molecule has 4 bridgehead atoms. The summed E-state index contributed by atoms with van der Waals surface area (Å²) in [6.45, 7) is -0.369. The van der Waals surface area contributed by atoms with Crippen LogP contribution in [0, 0.1) is 23.2 Å². The molecule has 0 atom stereocenters. The average molecular weight is 379 g/mol. The van der Waals surface area contributed by atoms with Crippen molar-refractivity contribution in [2.45, 2.75) is 44.9 Å². The molecule has 0 heterocycles. The molecule has 0 aromatic rings. The van der Waals surface area contributed by atoms with Crippen LogP contribution in [0.15, 0.2) is 0 Å². The lowest BCUT2D eigenvalue weighted by Crippen LogP contribution is -2.53. The second kappa shape index (κ2) is 8.27. The molecule has 8 heteroatoms. The Kier molecular flexibility index (Phi) is 6.01. The molecule has 4 rings (SSSR count). The molecular formula is C19H29N3O5. The molecule has 27 heavy (non-hydrogen) atoms. The summed E-state index contributed by atoms with van der Waals surface area (Å²) < 4.78 is 4.87. The maximum absolute atomic E-state index is 12.8. The number of hydrogen-bond donors (Lipinski definition) is 3. The van der Waals surface area contributed by atoms with Gasteiger partial charge in [0.2, 0.25) is 11.8 Å². The van der Waals surface area contributed by atoms with Crippen LogP contribution in [0.4, 0.5) is 0 Å². The van der Waals surface area contributed by atoms with Crippen molar-refractivity contribution in [3.8, 4) is 0 Å². The van der Waals surface area contributed by atoms with E-state index in [4.69, 9.17) is 4.74 Å². The van der Waals surface area contributed by atoms with Crippen LogP contribution in [0.2, 0.25) is 0 Å². The number of amides is 3. The maximum Gasteiger partial charge on any atom is 0.308 e. The predicted molar refractivity (Wildman–Crippen MR) is 96.3 cm³/mol. The third-order valence-electron chi connectivity index (χ3n) is 6.22. The number of carbonyl (C=O) groups excluding carboxylic acids is 4. The molecule has 0 aromatic heterocycles. The smallest absolute Gasteiger partial charge is 0.308 e. The summed E-state index contributed by atoms with van der Waals surface area (Å²) >= 11 is 0. The lowest BCUT2D eigenvalue weighted by Gasteiger charge is -2.55. The van der Waals surface area contributed by atoms with E-state index in [1.54, 1.807) is 0 Å². The van der Waals surface area contributed by atoms with Gasteiger partial charge in [-0.05, 0) is 56.3 Å². The topological polar surface area (TPSA) is 114 Å². The average Bonchev–Trinajstić information content (AvgIpc) is 2.63. The third-order valence-corrected chi connectivity index (χ3v) is 6.22. The second-order valence-corrected chi connectivity index (χ2v) is 8.31. The number of nitrogens with one attached hydrogen (secondary N) is 3. The fourth-order valence-corrected chi connectivity index (χ4v) is 5.39. The summed E-state index contributed by atoms with van der Waals surface area (Å²) in [5, 5.41) is 7.62. The molecule has 3 N–H and O–H groups in total. The summed E-state index contributed by atoms with van der Waals surface area (Å²) in [5.41, 5.74) is -0.224. The van der Waals surface area contributed by atoms with Gasteiger partial charge in [0.25, 0.3) is 5.91 Å². The van der Waals surface area contributed by atoms with Gasteiger partial charge < -0.3 is 20.7 Å². The molecular weight excluding hydrogens is 350 g/mol. The van der Waals surface area contributed by atoms with Crippen LogP contribution < -0.4 is 16.0 Å². The molecule has 0 radical (unpaired) electrons. The monoisotopic (exact) mass is 379 g/mol. The van der Waals surface area contributed by atoms with Crippen LogP contribution in [-0.4, -0.2) is 50.4 Å². The van der Waals surface area contributed by atoms with Gasteiger partial charge in [-0.25, -0.2) is 0 Å². The third kappa shape index (κ3) is 4.78. The van der Waals surface area contributed by atoms with Gasteiger partial charge in [-0.2, -0.15) is 0 Å². The van der Waals surface area contributed by atoms with E-state index < -0.39 is 18.5 Å². The van der Waals surface area contributed by atoms with Gasteiger partial charge in [0, 0.05) is 19.0 Å². The zero-order valence-electron chi connectivity index (χ0n) is 15.8. The van der Waals surface area contributed by atoms with Crippen LogP contribution in [0.3, 0.4) is 0 Å². The van der Waals surface area contributed by atoms with E-state index in [9.17, 15) is 19.2 Å². The van der Waals surface area contributed by atoms with Crippen molar-refractivity contribution in [3.05, 3.63) is 0 Å². The van der Waals surface area contributed by atoms with E-state index in [1.807, 2.05) is 0 Å². The van der Waals surface area contributed by atoms with Crippen molar-refractivity contribution in [2.75, 3.05) is 26.7 Å². The SMILES string of the molecule is CNC(=O)CNC(=O)COC(=O)CCNC(=O)C12CC3CC(CC(C3)C1)C2. The van der Waals surface area contributed by atoms with Crippen LogP contribution in [-0.2, 0) is 23.9 Å². The highest BCUT2D eigenvalue weighted by Gasteiger charge is 2.54. The summed E-state index contributed by atoms with van der Waals surface area (Å²) in [6.07, 6.45) is 6.83. The maximum atomic E-state index is 12.8. The van der Waals surface area contributed by atoms with Crippen molar-refractivity contribution in [3.63, 3.8) is 0 Å². The molecule has 150 valence electrons. The highest BCUT2D eigenvalue weighted by Crippen LogP contribution is 2.60. The molecule has 3 amide bonds. The van der Waals surface area contributed by atoms with Gasteiger partial charge in [-0.1, -0.05) is 0 Å². The molecule has 4 aliphatic carbocycles. The molecule has 0 unspecified atom stereocenters. The van der Waals surface area contributed by atoms with Crippen LogP contribution >= 0.6 is 0 Å². The minimum atomic E-state index is -0.545. The molecule has 4 aliphatic rings. The Morgan fingerprint density at radius 1 is 0.926 bits per heavy atom. The van der Waals surface area contributed by atoms with E-state index in [-0.39, 0.29) is 36.7 Å². The molecule has 4 saturated carbocycles. The fraction of sp³-hybridized carbons (Fsp3) is 0.789. The lowest BCUT2D eigenvalue weighted by atomic mass is 9.49. The summed E-state index contributed by atoms with van der Waals surface area (Å²) in [5.74, 6) is 0.751. The van der Waals surface area contributed by atoms with E-state index in [2.05, 4.69) is 16.0 Å². The Morgan fingerprint density at radius 3 is 2.07 bits per heavy atom. The quantitative estimate of drug-likeness (QED) is 0.518. The van der Waals surface area contributed by atoms with Gasteiger partial charge in [0.05, 0.1) is 13.0 Å². The van der Waals surface area contributed by atoms with E-state index in [1.165, 1.54) is 26.3 Å². The highest BCUT2D eigenvalue weighted by molar-refractivity contribution is 5.86. The molecule has 0 spiro atoms. The standard InChI is InChI=1S/C19H29N3O5/c1-20-15(23)10-22-16(24)11-27-17(25)2-3-21-18(26)19-7-12-4-13(8-19)6-14(5-12)9-19/h12-14H,2-11H2,1H3,(H,20,23)(H,21,26)(H,22,24). The minimum Gasteiger partial charge on any atom is -0.456 e. The molecule has 0 aromatic carbocycles. The van der Waals surface area contributed by atoms with E-state index in [0.717, 1.165) is 19.3 Å². The number of ether oxygens (including phenoxy) is 1. The second-order valence-electron chi connectivity index (χ2n) is 8.31. The van der Waals surface area contributed by atoms with Crippen molar-refractivity contribution in [1.29, 1.82) is 0 Å². The van der Waals surface area contributed by atoms with E-state index >= 15 is 0 Å². The Labute approximate surface area is 159 Å². The first kappa shape index (κ1) is 19.6. The van der Waals surface area contributed by atoms with Crippen molar-refractivity contribution < 1.29 is 23.9 Å². The summed E-state index contributed by atoms with van der Waals surface area (Å²) in [6, 6.07) is 0. The van der Waals surface area contributed by atoms with Gasteiger partial charge >= 0.3 is 5.97 Å². The van der Waals surface area contributed by atoms with Gasteiger partial charge in [0.1, 0.15) is 0 Å². The Bertz CT molecular complexity index is 583. The first-order chi connectivity index (χ1) is 12.9. The van der Waals surface area contributed by atoms with E-state index in [0.29, 0.717) is 17.8 Å². The van der Waals surface area contributed by atoms with Gasteiger partial charge in [-0.15, -0.1) is 0 Å². The molecule has 0 saturated heterocycles. The van der Waals surface area contributed by atoms with Crippen LogP contribution in [0.5, 0.6) is 0 Å². The Balaban J connectivity index is 1.34. The highest BCUT2D eigenvalue weighted by atomic mass is 16.5. The Hall–Kier alpha value is -2.12. The van der Waals surface area contributed by atoms with Crippen molar-refractivity contribution in [2.24, 2.45) is 23.2 Å². The number of hydrogen-bond acceptors (Lipinski definition) is 5. The van der Waals surface area contributed by atoms with Gasteiger partial charge in [0.15, 0.2) is 6.61 Å². The van der Waals surface area contributed by atoms with Crippen molar-refractivity contribution in [1.82, 2.24) is 16.0 Å². The minimum absolute atomic E-state index is 0.0286. The van der Waals surface area contributed by atoms with Crippen LogP contribution in [0.25, 0.3) is 0 Å². The number of likely N-dealkylation sites (N-methyl/N-ethyl adjacent to an activating group) is 1. The Morgan fingerprint density at radius 2 is 1.52 bits per heavy atom. The number of carbonyl (C=O) groups is 4. The zero-order chi connectivity index (χ0) is 19.4. The largest absolute Gasteiger partial charge is 0.456 e. The van der Waals surface area contributed by atoms with Crippen LogP contribution in [0.1, 0.15) is 44.9 Å². The fourth-order valence-electron chi connectivity index (χ4n) is 5.39. The lowest BCUT2D eigenvalue weighted by molar-refractivity contribution is -0.149. The van der Waals surface area contributed by atoms with Crippen molar-refractivity contribution >= 4 is 23.7 Å². The molecule has 0 aliphatic heterocycles. The molecule has 8 nitrogen and oxygen atoms in total. The van der Waals surface area contributed by atoms with Gasteiger partial charge in [-0.3, -0.25) is 19.2 Å². The first-order valence-corrected chi connectivity index (χ1v) is 9.81. The molecule has 4 fully saturated rings. The summed E-state index contributed by atoms with van der Waals surface area (Å²) in [7, 11) is 1.46.